The van der Waals surface area contributed by atoms with Crippen LogP contribution >= 0.6 is 11.8 Å². The molecule has 1 heterocycles. The van der Waals surface area contributed by atoms with Gasteiger partial charge in [-0.1, -0.05) is 18.7 Å². The van der Waals surface area contributed by atoms with Crippen LogP contribution in [0.2, 0.25) is 0 Å². The van der Waals surface area contributed by atoms with E-state index < -0.39 is 4.92 Å². The molecule has 0 radical (unpaired) electrons. The van der Waals surface area contributed by atoms with E-state index in [1.165, 1.54) is 18.1 Å². The van der Waals surface area contributed by atoms with Crippen molar-refractivity contribution in [1.29, 1.82) is 0 Å². The zero-order valence-electron chi connectivity index (χ0n) is 8.56. The highest BCUT2D eigenvalue weighted by atomic mass is 32.2. The van der Waals surface area contributed by atoms with Crippen LogP contribution in [-0.2, 0) is 0 Å². The fourth-order valence-electron chi connectivity index (χ4n) is 1.07. The van der Waals surface area contributed by atoms with Crippen LogP contribution in [0.15, 0.2) is 11.4 Å². The molecule has 0 aromatic carbocycles. The second-order valence-electron chi connectivity index (χ2n) is 2.60. The third-order valence-corrected chi connectivity index (χ3v) is 2.46. The van der Waals surface area contributed by atoms with Crippen LogP contribution in [0.4, 0.5) is 11.5 Å². The Bertz CT molecular complexity index is 334. The van der Waals surface area contributed by atoms with Crippen LogP contribution < -0.4 is 5.32 Å². The first-order valence-corrected chi connectivity index (χ1v) is 5.55. The third kappa shape index (κ3) is 2.79. The lowest BCUT2D eigenvalue weighted by Crippen LogP contribution is -2.05. The van der Waals surface area contributed by atoms with Gasteiger partial charge in [0.2, 0.25) is 5.82 Å². The third-order valence-electron chi connectivity index (χ3n) is 1.60. The molecule has 1 aromatic rings. The molecule has 0 unspecified atom stereocenters. The molecule has 0 atom stereocenters. The first kappa shape index (κ1) is 11.7. The van der Waals surface area contributed by atoms with Gasteiger partial charge in [0.15, 0.2) is 5.03 Å². The van der Waals surface area contributed by atoms with Crippen molar-refractivity contribution in [1.82, 2.24) is 9.97 Å². The molecular formula is C8H12N4O2S. The number of thioether (sulfide) groups is 1. The lowest BCUT2D eigenvalue weighted by Gasteiger charge is -2.05. The normalized spacial score (nSPS) is 10.0. The lowest BCUT2D eigenvalue weighted by molar-refractivity contribution is -0.387. The molecule has 6 nitrogen and oxygen atoms in total. The van der Waals surface area contributed by atoms with Gasteiger partial charge < -0.3 is 5.32 Å². The molecule has 0 saturated carbocycles. The van der Waals surface area contributed by atoms with Gasteiger partial charge in [0, 0.05) is 6.54 Å². The number of hydrogen-bond acceptors (Lipinski definition) is 6. The van der Waals surface area contributed by atoms with E-state index in [2.05, 4.69) is 15.3 Å². The average molecular weight is 228 g/mol. The minimum atomic E-state index is -0.448. The number of nitro groups is 1. The van der Waals surface area contributed by atoms with Crippen LogP contribution in [-0.4, -0.2) is 27.2 Å². The Hall–Kier alpha value is -1.37. The van der Waals surface area contributed by atoms with E-state index in [0.29, 0.717) is 11.6 Å². The van der Waals surface area contributed by atoms with Crippen molar-refractivity contribution < 1.29 is 4.92 Å². The molecule has 0 aliphatic heterocycles. The molecule has 0 bridgehead atoms. The summed E-state index contributed by atoms with van der Waals surface area (Å²) >= 11 is 1.34. The van der Waals surface area contributed by atoms with E-state index in [1.54, 1.807) is 0 Å². The highest BCUT2D eigenvalue weighted by Gasteiger charge is 2.21. The maximum Gasteiger partial charge on any atom is 0.343 e. The van der Waals surface area contributed by atoms with E-state index >= 15 is 0 Å². The smallest absolute Gasteiger partial charge is 0.343 e. The van der Waals surface area contributed by atoms with Gasteiger partial charge in [-0.3, -0.25) is 10.1 Å². The predicted octanol–water partition coefficient (Wildman–Crippen LogP) is 1.93. The SMILES string of the molecule is CCNc1ncnc(SCC)c1[N+](=O)[O-]. The number of hydrogen-bond donors (Lipinski definition) is 1. The number of anilines is 1. The summed E-state index contributed by atoms with van der Waals surface area (Å²) in [5.74, 6) is 1.03. The Morgan fingerprint density at radius 3 is 2.80 bits per heavy atom. The van der Waals surface area contributed by atoms with E-state index in [9.17, 15) is 10.1 Å². The number of aromatic nitrogens is 2. The van der Waals surface area contributed by atoms with Crippen molar-refractivity contribution in [3.05, 3.63) is 16.4 Å². The first-order valence-electron chi connectivity index (χ1n) is 4.56. The molecule has 0 aliphatic carbocycles. The highest BCUT2D eigenvalue weighted by Crippen LogP contribution is 2.31. The topological polar surface area (TPSA) is 81.0 Å². The van der Waals surface area contributed by atoms with Crippen LogP contribution in [0.1, 0.15) is 13.8 Å². The Balaban J connectivity index is 3.15. The second kappa shape index (κ2) is 5.50. The quantitative estimate of drug-likeness (QED) is 0.359. The summed E-state index contributed by atoms with van der Waals surface area (Å²) in [6.07, 6.45) is 1.34. The van der Waals surface area contributed by atoms with Gasteiger partial charge in [0.05, 0.1) is 4.92 Å². The maximum absolute atomic E-state index is 10.9. The molecule has 0 aliphatic rings. The summed E-state index contributed by atoms with van der Waals surface area (Å²) in [7, 11) is 0. The molecule has 82 valence electrons. The van der Waals surface area contributed by atoms with Crippen LogP contribution in [0, 0.1) is 10.1 Å². The van der Waals surface area contributed by atoms with Crippen molar-refractivity contribution in [2.75, 3.05) is 17.6 Å². The molecule has 1 aromatic heterocycles. The molecule has 0 saturated heterocycles. The van der Waals surface area contributed by atoms with E-state index in [-0.39, 0.29) is 11.5 Å². The summed E-state index contributed by atoms with van der Waals surface area (Å²) in [5.41, 5.74) is -0.0359. The van der Waals surface area contributed by atoms with E-state index in [1.807, 2.05) is 13.8 Å². The van der Waals surface area contributed by atoms with Gasteiger partial charge in [0.25, 0.3) is 0 Å². The fraction of sp³-hybridized carbons (Fsp3) is 0.500. The van der Waals surface area contributed by atoms with Crippen molar-refractivity contribution >= 4 is 23.3 Å². The Morgan fingerprint density at radius 1 is 1.53 bits per heavy atom. The van der Waals surface area contributed by atoms with Crippen molar-refractivity contribution in [3.8, 4) is 0 Å². The molecule has 7 heteroatoms. The molecule has 1 N–H and O–H groups in total. The van der Waals surface area contributed by atoms with Gasteiger partial charge in [-0.05, 0) is 12.7 Å². The minimum absolute atomic E-state index is 0.0359. The number of nitrogens with one attached hydrogen (secondary N) is 1. The predicted molar refractivity (Wildman–Crippen MR) is 59.2 cm³/mol. The van der Waals surface area contributed by atoms with Gasteiger partial charge >= 0.3 is 5.69 Å². The van der Waals surface area contributed by atoms with Crippen molar-refractivity contribution in [2.45, 2.75) is 18.9 Å². The second-order valence-corrected chi connectivity index (χ2v) is 3.85. The molecule has 15 heavy (non-hydrogen) atoms. The zero-order chi connectivity index (χ0) is 11.3. The van der Waals surface area contributed by atoms with Crippen molar-refractivity contribution in [3.63, 3.8) is 0 Å². The number of rotatable bonds is 5. The fourth-order valence-corrected chi connectivity index (χ4v) is 1.77. The largest absolute Gasteiger partial charge is 0.364 e. The highest BCUT2D eigenvalue weighted by molar-refractivity contribution is 7.99. The van der Waals surface area contributed by atoms with E-state index in [4.69, 9.17) is 0 Å². The van der Waals surface area contributed by atoms with Crippen LogP contribution in [0.25, 0.3) is 0 Å². The summed E-state index contributed by atoms with van der Waals surface area (Å²) < 4.78 is 0. The molecule has 0 amide bonds. The summed E-state index contributed by atoms with van der Waals surface area (Å²) in [6.45, 7) is 4.37. The lowest BCUT2D eigenvalue weighted by atomic mass is 10.5. The summed E-state index contributed by atoms with van der Waals surface area (Å²) in [4.78, 5) is 18.2. The van der Waals surface area contributed by atoms with Gasteiger partial charge in [-0.15, -0.1) is 0 Å². The molecular weight excluding hydrogens is 216 g/mol. The van der Waals surface area contributed by atoms with Gasteiger partial charge in [0.1, 0.15) is 6.33 Å². The average Bonchev–Trinajstić information content (AvgIpc) is 2.18. The summed E-state index contributed by atoms with van der Waals surface area (Å²) in [6, 6.07) is 0. The maximum atomic E-state index is 10.9. The van der Waals surface area contributed by atoms with Crippen molar-refractivity contribution in [2.24, 2.45) is 0 Å². The monoisotopic (exact) mass is 228 g/mol. The zero-order valence-corrected chi connectivity index (χ0v) is 9.37. The molecule has 0 spiro atoms. The Kier molecular flexibility index (Phi) is 4.29. The first-order chi connectivity index (χ1) is 7.20. The minimum Gasteiger partial charge on any atom is -0.364 e. The summed E-state index contributed by atoms with van der Waals surface area (Å²) in [5, 5.41) is 14.1. The molecule has 1 rings (SSSR count). The van der Waals surface area contributed by atoms with Crippen LogP contribution in [0.5, 0.6) is 0 Å². The van der Waals surface area contributed by atoms with Crippen LogP contribution in [0.3, 0.4) is 0 Å². The standard InChI is InChI=1S/C8H12N4O2S/c1-3-9-7-6(12(13)14)8(15-4-2)11-5-10-7/h5H,3-4H2,1-2H3,(H,9,10,11). The Morgan fingerprint density at radius 2 is 2.27 bits per heavy atom. The van der Waals surface area contributed by atoms with Gasteiger partial charge in [-0.25, -0.2) is 9.97 Å². The molecule has 0 fully saturated rings. The Labute approximate surface area is 91.7 Å². The van der Waals surface area contributed by atoms with E-state index in [0.717, 1.165) is 5.75 Å². The number of nitrogens with zero attached hydrogens (tertiary/aromatic N) is 3. The van der Waals surface area contributed by atoms with Gasteiger partial charge in [-0.2, -0.15) is 0 Å².